The van der Waals surface area contributed by atoms with Crippen LogP contribution in [0.5, 0.6) is 0 Å². The van der Waals surface area contributed by atoms with E-state index >= 15 is 0 Å². The maximum Gasteiger partial charge on any atom is 0.0826 e. The predicted molar refractivity (Wildman–Crippen MR) is 72.4 cm³/mol. The van der Waals surface area contributed by atoms with Crippen molar-refractivity contribution in [2.45, 2.75) is 44.4 Å². The molecule has 18 heavy (non-hydrogen) atoms. The minimum absolute atomic E-state index is 0.272. The summed E-state index contributed by atoms with van der Waals surface area (Å²) in [5.74, 6) is 0. The van der Waals surface area contributed by atoms with Gasteiger partial charge in [-0.3, -0.25) is 0 Å². The maximum atomic E-state index is 9.65. The SMILES string of the molecule is CCOCCCC1(C#N)CCCc2ccccc21. The van der Waals surface area contributed by atoms with Crippen molar-refractivity contribution in [3.05, 3.63) is 35.4 Å². The van der Waals surface area contributed by atoms with Crippen molar-refractivity contribution in [2.24, 2.45) is 0 Å². The Kier molecular flexibility index (Phi) is 4.38. The van der Waals surface area contributed by atoms with Crippen molar-refractivity contribution in [1.29, 1.82) is 5.26 Å². The first kappa shape index (κ1) is 13.1. The lowest BCUT2D eigenvalue weighted by Crippen LogP contribution is -2.29. The van der Waals surface area contributed by atoms with E-state index in [1.54, 1.807) is 0 Å². The van der Waals surface area contributed by atoms with E-state index in [-0.39, 0.29) is 5.41 Å². The zero-order chi connectivity index (χ0) is 12.8. The monoisotopic (exact) mass is 243 g/mol. The Morgan fingerprint density at radius 2 is 2.22 bits per heavy atom. The molecule has 0 aromatic heterocycles. The zero-order valence-electron chi connectivity index (χ0n) is 11.1. The summed E-state index contributed by atoms with van der Waals surface area (Å²) in [5, 5.41) is 9.65. The minimum Gasteiger partial charge on any atom is -0.382 e. The van der Waals surface area contributed by atoms with E-state index in [2.05, 4.69) is 30.3 Å². The zero-order valence-corrected chi connectivity index (χ0v) is 11.1. The molecule has 0 fully saturated rings. The molecule has 0 saturated carbocycles. The predicted octanol–water partition coefficient (Wildman–Crippen LogP) is 3.60. The summed E-state index contributed by atoms with van der Waals surface area (Å²) in [4.78, 5) is 0. The van der Waals surface area contributed by atoms with Crippen LogP contribution in [0.3, 0.4) is 0 Å². The maximum absolute atomic E-state index is 9.65. The highest BCUT2D eigenvalue weighted by Gasteiger charge is 2.35. The summed E-state index contributed by atoms with van der Waals surface area (Å²) in [5.41, 5.74) is 2.35. The summed E-state index contributed by atoms with van der Waals surface area (Å²) in [6.07, 6.45) is 5.12. The first-order chi connectivity index (χ1) is 8.82. The number of aryl methyl sites for hydroxylation is 1. The number of hydrogen-bond acceptors (Lipinski definition) is 2. The fraction of sp³-hybridized carbons (Fsp3) is 0.562. The third-order valence-electron chi connectivity index (χ3n) is 3.89. The molecule has 0 amide bonds. The van der Waals surface area contributed by atoms with Gasteiger partial charge in [-0.05, 0) is 50.2 Å². The third-order valence-corrected chi connectivity index (χ3v) is 3.89. The molecule has 0 spiro atoms. The lowest BCUT2D eigenvalue weighted by atomic mass is 9.68. The molecule has 2 heteroatoms. The van der Waals surface area contributed by atoms with Gasteiger partial charge in [-0.1, -0.05) is 24.3 Å². The van der Waals surface area contributed by atoms with E-state index in [9.17, 15) is 5.26 Å². The highest BCUT2D eigenvalue weighted by Crippen LogP contribution is 2.40. The molecule has 0 bridgehead atoms. The van der Waals surface area contributed by atoms with Crippen LogP contribution in [0.15, 0.2) is 24.3 Å². The standard InChI is InChI=1S/C16H21NO/c1-2-18-12-6-11-16(13-17)10-5-8-14-7-3-4-9-15(14)16/h3-4,7,9H,2,5-6,8,10-12H2,1H3. The van der Waals surface area contributed by atoms with Crippen LogP contribution in [0.1, 0.15) is 43.7 Å². The smallest absolute Gasteiger partial charge is 0.0826 e. The number of fused-ring (bicyclic) bond motifs is 1. The number of hydrogen-bond donors (Lipinski definition) is 0. The number of benzene rings is 1. The first-order valence-electron chi connectivity index (χ1n) is 6.90. The molecule has 0 radical (unpaired) electrons. The number of ether oxygens (including phenoxy) is 1. The molecule has 0 N–H and O–H groups in total. The van der Waals surface area contributed by atoms with Gasteiger partial charge in [-0.25, -0.2) is 0 Å². The van der Waals surface area contributed by atoms with Crippen LogP contribution < -0.4 is 0 Å². The Hall–Kier alpha value is -1.33. The van der Waals surface area contributed by atoms with Crippen molar-refractivity contribution in [3.8, 4) is 6.07 Å². The van der Waals surface area contributed by atoms with Crippen molar-refractivity contribution >= 4 is 0 Å². The summed E-state index contributed by atoms with van der Waals surface area (Å²) in [6, 6.07) is 11.0. The Morgan fingerprint density at radius 1 is 1.39 bits per heavy atom. The van der Waals surface area contributed by atoms with Crippen LogP contribution >= 0.6 is 0 Å². The van der Waals surface area contributed by atoms with E-state index in [4.69, 9.17) is 4.74 Å². The molecule has 2 nitrogen and oxygen atoms in total. The fourth-order valence-corrected chi connectivity index (χ4v) is 2.97. The van der Waals surface area contributed by atoms with Gasteiger partial charge in [0.1, 0.15) is 0 Å². The summed E-state index contributed by atoms with van der Waals surface area (Å²) >= 11 is 0. The van der Waals surface area contributed by atoms with Crippen molar-refractivity contribution in [2.75, 3.05) is 13.2 Å². The Bertz CT molecular complexity index is 435. The van der Waals surface area contributed by atoms with Gasteiger partial charge in [0.05, 0.1) is 11.5 Å². The Balaban J connectivity index is 2.15. The van der Waals surface area contributed by atoms with Gasteiger partial charge in [0.2, 0.25) is 0 Å². The molecule has 0 heterocycles. The number of nitrogens with zero attached hydrogens (tertiary/aromatic N) is 1. The highest BCUT2D eigenvalue weighted by molar-refractivity contribution is 5.41. The average molecular weight is 243 g/mol. The van der Waals surface area contributed by atoms with E-state index in [1.807, 2.05) is 6.92 Å². The van der Waals surface area contributed by atoms with Crippen molar-refractivity contribution < 1.29 is 4.74 Å². The molecule has 1 unspecified atom stereocenters. The van der Waals surface area contributed by atoms with E-state index in [0.29, 0.717) is 0 Å². The normalized spacial score (nSPS) is 22.2. The van der Waals surface area contributed by atoms with Crippen molar-refractivity contribution in [3.63, 3.8) is 0 Å². The van der Waals surface area contributed by atoms with Crippen LogP contribution in [0.2, 0.25) is 0 Å². The highest BCUT2D eigenvalue weighted by atomic mass is 16.5. The molecular weight excluding hydrogens is 222 g/mol. The van der Waals surface area contributed by atoms with Gasteiger partial charge < -0.3 is 4.74 Å². The lowest BCUT2D eigenvalue weighted by molar-refractivity contribution is 0.138. The second-order valence-electron chi connectivity index (χ2n) is 5.01. The minimum atomic E-state index is -0.272. The third kappa shape index (κ3) is 2.57. The molecule has 0 aliphatic heterocycles. The van der Waals surface area contributed by atoms with Gasteiger partial charge in [0.25, 0.3) is 0 Å². The second kappa shape index (κ2) is 6.02. The quantitative estimate of drug-likeness (QED) is 0.740. The van der Waals surface area contributed by atoms with Crippen LogP contribution in [0.4, 0.5) is 0 Å². The number of nitriles is 1. The molecule has 1 aromatic rings. The van der Waals surface area contributed by atoms with Gasteiger partial charge in [0, 0.05) is 13.2 Å². The molecule has 2 rings (SSSR count). The van der Waals surface area contributed by atoms with E-state index in [0.717, 1.165) is 45.3 Å². The van der Waals surface area contributed by atoms with Crippen molar-refractivity contribution in [1.82, 2.24) is 0 Å². The summed E-state index contributed by atoms with van der Waals surface area (Å²) in [7, 11) is 0. The van der Waals surface area contributed by atoms with Crippen LogP contribution in [-0.2, 0) is 16.6 Å². The van der Waals surface area contributed by atoms with Gasteiger partial charge in [-0.2, -0.15) is 5.26 Å². The molecule has 1 aliphatic carbocycles. The Morgan fingerprint density at radius 3 is 3.00 bits per heavy atom. The molecule has 96 valence electrons. The van der Waals surface area contributed by atoms with Crippen LogP contribution in [0.25, 0.3) is 0 Å². The van der Waals surface area contributed by atoms with E-state index in [1.165, 1.54) is 11.1 Å². The van der Waals surface area contributed by atoms with Gasteiger partial charge >= 0.3 is 0 Å². The van der Waals surface area contributed by atoms with Gasteiger partial charge in [0.15, 0.2) is 0 Å². The topological polar surface area (TPSA) is 33.0 Å². The molecule has 1 aliphatic rings. The molecule has 0 saturated heterocycles. The molecular formula is C16H21NO. The number of rotatable bonds is 5. The fourth-order valence-electron chi connectivity index (χ4n) is 2.97. The summed E-state index contributed by atoms with van der Waals surface area (Å²) < 4.78 is 5.39. The van der Waals surface area contributed by atoms with E-state index < -0.39 is 0 Å². The molecule has 1 aromatic carbocycles. The molecule has 1 atom stereocenters. The van der Waals surface area contributed by atoms with Crippen LogP contribution in [-0.4, -0.2) is 13.2 Å². The van der Waals surface area contributed by atoms with Crippen LogP contribution in [0, 0.1) is 11.3 Å². The van der Waals surface area contributed by atoms with Gasteiger partial charge in [-0.15, -0.1) is 0 Å². The second-order valence-corrected chi connectivity index (χ2v) is 5.01. The Labute approximate surface area is 110 Å². The lowest BCUT2D eigenvalue weighted by Gasteiger charge is -2.33. The average Bonchev–Trinajstić information content (AvgIpc) is 2.44. The largest absolute Gasteiger partial charge is 0.382 e. The summed E-state index contributed by atoms with van der Waals surface area (Å²) in [6.45, 7) is 3.54. The first-order valence-corrected chi connectivity index (χ1v) is 6.90.